The minimum atomic E-state index is 0.533. The van der Waals surface area contributed by atoms with Gasteiger partial charge in [-0.3, -0.25) is 0 Å². The van der Waals surface area contributed by atoms with Gasteiger partial charge >= 0.3 is 0 Å². The highest BCUT2D eigenvalue weighted by atomic mass is 16.6. The first-order valence-electron chi connectivity index (χ1n) is 7.29. The van der Waals surface area contributed by atoms with Crippen molar-refractivity contribution >= 4 is 11.7 Å². The number of aryl methyl sites for hydroxylation is 1. The van der Waals surface area contributed by atoms with E-state index in [1.165, 1.54) is 0 Å². The van der Waals surface area contributed by atoms with E-state index in [0.717, 1.165) is 48.8 Å². The van der Waals surface area contributed by atoms with Crippen molar-refractivity contribution in [3.63, 3.8) is 0 Å². The standard InChI is InChI=1S/C16H20N4O/c1-13-11-17-16(18-13)20-9-7-15(8-10-20)19-21-12-14-5-3-2-4-6-14/h2-6,11H,7-10,12H2,1H3,(H,17,18). The molecule has 0 bridgehead atoms. The summed E-state index contributed by atoms with van der Waals surface area (Å²) >= 11 is 0. The van der Waals surface area contributed by atoms with E-state index >= 15 is 0 Å². The summed E-state index contributed by atoms with van der Waals surface area (Å²) in [4.78, 5) is 15.3. The van der Waals surface area contributed by atoms with Crippen LogP contribution >= 0.6 is 0 Å². The average Bonchev–Trinajstić information content (AvgIpc) is 2.96. The molecule has 1 N–H and O–H groups in total. The van der Waals surface area contributed by atoms with Crippen LogP contribution in [0.4, 0.5) is 5.95 Å². The molecule has 21 heavy (non-hydrogen) atoms. The van der Waals surface area contributed by atoms with Crippen LogP contribution in [-0.2, 0) is 11.4 Å². The number of H-pyrrole nitrogens is 1. The van der Waals surface area contributed by atoms with Crippen LogP contribution in [0.2, 0.25) is 0 Å². The fourth-order valence-corrected chi connectivity index (χ4v) is 2.40. The molecule has 0 spiro atoms. The molecule has 1 aliphatic rings. The molecule has 3 rings (SSSR count). The Hall–Kier alpha value is -2.30. The quantitative estimate of drug-likeness (QED) is 0.878. The molecular formula is C16H20N4O. The Morgan fingerprint density at radius 2 is 2.00 bits per heavy atom. The van der Waals surface area contributed by atoms with Gasteiger partial charge in [-0.1, -0.05) is 35.5 Å². The molecule has 5 heteroatoms. The van der Waals surface area contributed by atoms with Crippen LogP contribution in [0.15, 0.2) is 41.7 Å². The Bertz CT molecular complexity index is 596. The zero-order valence-electron chi connectivity index (χ0n) is 12.2. The molecule has 1 aliphatic heterocycles. The van der Waals surface area contributed by atoms with Gasteiger partial charge in [0.2, 0.25) is 5.95 Å². The molecule has 1 saturated heterocycles. The van der Waals surface area contributed by atoms with Gasteiger partial charge in [0, 0.05) is 37.8 Å². The second-order valence-corrected chi connectivity index (χ2v) is 5.29. The summed E-state index contributed by atoms with van der Waals surface area (Å²) in [6, 6.07) is 10.1. The number of piperidine rings is 1. The van der Waals surface area contributed by atoms with Crippen LogP contribution in [-0.4, -0.2) is 28.8 Å². The fourth-order valence-electron chi connectivity index (χ4n) is 2.40. The number of hydrogen-bond acceptors (Lipinski definition) is 4. The first-order chi connectivity index (χ1) is 10.3. The molecule has 0 aliphatic carbocycles. The maximum Gasteiger partial charge on any atom is 0.202 e. The van der Waals surface area contributed by atoms with E-state index in [1.54, 1.807) is 0 Å². The third-order valence-corrected chi connectivity index (χ3v) is 3.60. The van der Waals surface area contributed by atoms with Crippen molar-refractivity contribution in [1.82, 2.24) is 9.97 Å². The number of nitrogens with zero attached hydrogens (tertiary/aromatic N) is 3. The van der Waals surface area contributed by atoms with Crippen LogP contribution in [0.25, 0.3) is 0 Å². The SMILES string of the molecule is Cc1cnc(N2CCC(=NOCc3ccccc3)CC2)[nH]1. The Morgan fingerprint density at radius 1 is 1.24 bits per heavy atom. The predicted octanol–water partition coefficient (Wildman–Crippen LogP) is 2.89. The number of hydrogen-bond donors (Lipinski definition) is 1. The predicted molar refractivity (Wildman–Crippen MR) is 83.4 cm³/mol. The summed E-state index contributed by atoms with van der Waals surface area (Å²) in [5.41, 5.74) is 3.37. The number of nitrogens with one attached hydrogen (secondary N) is 1. The molecule has 0 radical (unpaired) electrons. The van der Waals surface area contributed by atoms with Crippen molar-refractivity contribution < 1.29 is 4.84 Å². The van der Waals surface area contributed by atoms with E-state index in [4.69, 9.17) is 4.84 Å². The lowest BCUT2D eigenvalue weighted by atomic mass is 10.1. The molecule has 2 aromatic rings. The van der Waals surface area contributed by atoms with E-state index in [2.05, 4.69) is 20.0 Å². The van der Waals surface area contributed by atoms with Crippen molar-refractivity contribution in [2.24, 2.45) is 5.16 Å². The maximum atomic E-state index is 5.45. The molecule has 1 aromatic heterocycles. The van der Waals surface area contributed by atoms with Crippen molar-refractivity contribution in [3.05, 3.63) is 47.8 Å². The van der Waals surface area contributed by atoms with Gasteiger partial charge in [-0.2, -0.15) is 0 Å². The molecule has 0 amide bonds. The number of rotatable bonds is 4. The topological polar surface area (TPSA) is 53.5 Å². The summed E-state index contributed by atoms with van der Waals surface area (Å²) < 4.78 is 0. The van der Waals surface area contributed by atoms with Crippen LogP contribution in [0.3, 0.4) is 0 Å². The number of benzene rings is 1. The maximum absolute atomic E-state index is 5.45. The minimum absolute atomic E-state index is 0.533. The molecule has 0 unspecified atom stereocenters. The number of aromatic nitrogens is 2. The van der Waals surface area contributed by atoms with E-state index in [9.17, 15) is 0 Å². The summed E-state index contributed by atoms with van der Waals surface area (Å²) in [5.74, 6) is 0.955. The second kappa shape index (κ2) is 6.43. The Kier molecular flexibility index (Phi) is 4.19. The zero-order valence-corrected chi connectivity index (χ0v) is 12.2. The van der Waals surface area contributed by atoms with Crippen molar-refractivity contribution in [3.8, 4) is 0 Å². The van der Waals surface area contributed by atoms with E-state index in [1.807, 2.05) is 43.5 Å². The summed E-state index contributed by atoms with van der Waals surface area (Å²) in [6.07, 6.45) is 3.71. The number of anilines is 1. The van der Waals surface area contributed by atoms with Crippen LogP contribution < -0.4 is 4.90 Å². The number of oxime groups is 1. The molecular weight excluding hydrogens is 264 g/mol. The molecule has 5 nitrogen and oxygen atoms in total. The van der Waals surface area contributed by atoms with Gasteiger partial charge in [-0.25, -0.2) is 4.98 Å². The van der Waals surface area contributed by atoms with Crippen molar-refractivity contribution in [1.29, 1.82) is 0 Å². The molecule has 1 fully saturated rings. The lowest BCUT2D eigenvalue weighted by Gasteiger charge is -2.26. The third-order valence-electron chi connectivity index (χ3n) is 3.60. The van der Waals surface area contributed by atoms with Crippen molar-refractivity contribution in [2.45, 2.75) is 26.4 Å². The van der Waals surface area contributed by atoms with E-state index in [0.29, 0.717) is 6.61 Å². The molecule has 0 atom stereocenters. The van der Waals surface area contributed by atoms with Gasteiger partial charge in [0.05, 0.1) is 5.71 Å². The number of aromatic amines is 1. The Balaban J connectivity index is 1.48. The average molecular weight is 284 g/mol. The van der Waals surface area contributed by atoms with Gasteiger partial charge in [0.15, 0.2) is 0 Å². The second-order valence-electron chi connectivity index (χ2n) is 5.29. The minimum Gasteiger partial charge on any atom is -0.391 e. The monoisotopic (exact) mass is 284 g/mol. The Labute approximate surface area is 124 Å². The van der Waals surface area contributed by atoms with Gasteiger partial charge in [0.25, 0.3) is 0 Å². The highest BCUT2D eigenvalue weighted by Gasteiger charge is 2.17. The highest BCUT2D eigenvalue weighted by Crippen LogP contribution is 2.15. The highest BCUT2D eigenvalue weighted by molar-refractivity contribution is 5.86. The normalized spacial score (nSPS) is 15.1. The molecule has 1 aromatic carbocycles. The fraction of sp³-hybridized carbons (Fsp3) is 0.375. The van der Waals surface area contributed by atoms with Crippen LogP contribution in [0.5, 0.6) is 0 Å². The van der Waals surface area contributed by atoms with Gasteiger partial charge in [0.1, 0.15) is 6.61 Å². The van der Waals surface area contributed by atoms with Crippen LogP contribution in [0.1, 0.15) is 24.1 Å². The Morgan fingerprint density at radius 3 is 2.67 bits per heavy atom. The van der Waals surface area contributed by atoms with Gasteiger partial charge in [-0.15, -0.1) is 0 Å². The summed E-state index contributed by atoms with van der Waals surface area (Å²) in [7, 11) is 0. The zero-order chi connectivity index (χ0) is 14.5. The lowest BCUT2D eigenvalue weighted by Crippen LogP contribution is -2.34. The molecule has 2 heterocycles. The van der Waals surface area contributed by atoms with E-state index in [-0.39, 0.29) is 0 Å². The summed E-state index contributed by atoms with van der Waals surface area (Å²) in [6.45, 7) is 4.41. The summed E-state index contributed by atoms with van der Waals surface area (Å²) in [5, 5.41) is 4.27. The van der Waals surface area contributed by atoms with Crippen LogP contribution in [0, 0.1) is 6.92 Å². The smallest absolute Gasteiger partial charge is 0.202 e. The largest absolute Gasteiger partial charge is 0.391 e. The van der Waals surface area contributed by atoms with Crippen molar-refractivity contribution in [2.75, 3.05) is 18.0 Å². The first-order valence-corrected chi connectivity index (χ1v) is 7.29. The number of imidazole rings is 1. The molecule has 110 valence electrons. The first kappa shape index (κ1) is 13.7. The van der Waals surface area contributed by atoms with E-state index < -0.39 is 0 Å². The van der Waals surface area contributed by atoms with Gasteiger partial charge < -0.3 is 14.7 Å². The third kappa shape index (κ3) is 3.62. The lowest BCUT2D eigenvalue weighted by molar-refractivity contribution is 0.129. The van der Waals surface area contributed by atoms with Gasteiger partial charge in [-0.05, 0) is 12.5 Å². The molecule has 0 saturated carbocycles.